The molecule has 2 atom stereocenters. The molecule has 0 aliphatic heterocycles. The van der Waals surface area contributed by atoms with E-state index >= 15 is 0 Å². The van der Waals surface area contributed by atoms with Crippen LogP contribution in [0.4, 0.5) is 0 Å². The Hall–Kier alpha value is -2.35. The highest BCUT2D eigenvalue weighted by molar-refractivity contribution is 7.99. The topological polar surface area (TPSA) is 90.3 Å². The predicted octanol–water partition coefficient (Wildman–Crippen LogP) is 2.21. The van der Waals surface area contributed by atoms with Crippen molar-refractivity contribution in [3.05, 3.63) is 34.6 Å². The molecule has 1 amide bonds. The first-order valence-corrected chi connectivity index (χ1v) is 9.91. The van der Waals surface area contributed by atoms with E-state index in [1.54, 1.807) is 22.8 Å². The zero-order chi connectivity index (χ0) is 20.0. The molecule has 1 heterocycles. The highest BCUT2D eigenvalue weighted by atomic mass is 32.2. The van der Waals surface area contributed by atoms with Crippen molar-refractivity contribution >= 4 is 34.5 Å². The van der Waals surface area contributed by atoms with E-state index in [2.05, 4.69) is 10.3 Å². The van der Waals surface area contributed by atoms with Gasteiger partial charge < -0.3 is 10.1 Å². The van der Waals surface area contributed by atoms with E-state index in [1.165, 1.54) is 18.9 Å². The second-order valence-corrected chi connectivity index (χ2v) is 7.15. The lowest BCUT2D eigenvalue weighted by atomic mass is 9.99. The maximum Gasteiger partial charge on any atom is 0.328 e. The number of esters is 1. The van der Waals surface area contributed by atoms with Crippen LogP contribution in [0.2, 0.25) is 0 Å². The minimum absolute atomic E-state index is 0.0426. The summed E-state index contributed by atoms with van der Waals surface area (Å²) in [5.41, 5.74) is 0.472. The molecule has 1 aromatic carbocycles. The van der Waals surface area contributed by atoms with Crippen molar-refractivity contribution in [2.45, 2.75) is 44.9 Å². The molecule has 1 aromatic heterocycles. The summed E-state index contributed by atoms with van der Waals surface area (Å²) in [6, 6.07) is 6.45. The van der Waals surface area contributed by atoms with Gasteiger partial charge in [-0.05, 0) is 25.0 Å². The molecular formula is C19H25N3O4S. The van der Waals surface area contributed by atoms with Crippen molar-refractivity contribution < 1.29 is 14.3 Å². The van der Waals surface area contributed by atoms with Crippen LogP contribution in [0.15, 0.2) is 34.2 Å². The third kappa shape index (κ3) is 4.88. The number of nitrogens with zero attached hydrogens (tertiary/aromatic N) is 2. The highest BCUT2D eigenvalue weighted by Gasteiger charge is 2.26. The SMILES string of the molecule is CCC(C)C(NC(=O)CSc1nc2ccccc2c(=O)n1CC)C(=O)OC. The minimum Gasteiger partial charge on any atom is -0.467 e. The number of thioether (sulfide) groups is 1. The fourth-order valence-corrected chi connectivity index (χ4v) is 3.55. The number of amides is 1. The van der Waals surface area contributed by atoms with Crippen molar-refractivity contribution in [1.82, 2.24) is 14.9 Å². The van der Waals surface area contributed by atoms with E-state index in [1.807, 2.05) is 26.8 Å². The molecule has 0 aliphatic carbocycles. The number of hydrogen-bond donors (Lipinski definition) is 1. The summed E-state index contributed by atoms with van der Waals surface area (Å²) in [6.07, 6.45) is 0.731. The Labute approximate surface area is 162 Å². The lowest BCUT2D eigenvalue weighted by Gasteiger charge is -2.21. The average molecular weight is 391 g/mol. The number of para-hydroxylation sites is 1. The summed E-state index contributed by atoms with van der Waals surface area (Å²) in [5, 5.41) is 3.76. The predicted molar refractivity (Wildman–Crippen MR) is 106 cm³/mol. The fraction of sp³-hybridized carbons (Fsp3) is 0.474. The number of rotatable bonds is 8. The number of hydrogen-bond acceptors (Lipinski definition) is 6. The average Bonchev–Trinajstić information content (AvgIpc) is 2.69. The first-order valence-electron chi connectivity index (χ1n) is 8.92. The third-order valence-electron chi connectivity index (χ3n) is 4.46. The highest BCUT2D eigenvalue weighted by Crippen LogP contribution is 2.18. The standard InChI is InChI=1S/C19H25N3O4S/c1-5-12(3)16(18(25)26-4)21-15(23)11-27-19-20-14-10-8-7-9-13(14)17(24)22(19)6-2/h7-10,12,16H,5-6,11H2,1-4H3,(H,21,23). The molecule has 146 valence electrons. The minimum atomic E-state index is -0.689. The summed E-state index contributed by atoms with van der Waals surface area (Å²) in [7, 11) is 1.30. The quantitative estimate of drug-likeness (QED) is 0.422. The molecule has 0 saturated heterocycles. The molecule has 0 radical (unpaired) electrons. The van der Waals surface area contributed by atoms with Gasteiger partial charge in [0.1, 0.15) is 6.04 Å². The third-order valence-corrected chi connectivity index (χ3v) is 5.44. The van der Waals surface area contributed by atoms with Gasteiger partial charge in [0.2, 0.25) is 5.91 Å². The van der Waals surface area contributed by atoms with Gasteiger partial charge in [0, 0.05) is 6.54 Å². The Morgan fingerprint density at radius 3 is 2.63 bits per heavy atom. The van der Waals surface area contributed by atoms with Crippen LogP contribution in [0.3, 0.4) is 0 Å². The number of methoxy groups -OCH3 is 1. The number of aromatic nitrogens is 2. The van der Waals surface area contributed by atoms with Gasteiger partial charge in [0.05, 0.1) is 23.8 Å². The molecule has 27 heavy (non-hydrogen) atoms. The van der Waals surface area contributed by atoms with Gasteiger partial charge in [-0.15, -0.1) is 0 Å². The summed E-state index contributed by atoms with van der Waals surface area (Å²) in [5.74, 6) is -0.758. The van der Waals surface area contributed by atoms with E-state index in [0.29, 0.717) is 22.6 Å². The first-order chi connectivity index (χ1) is 12.9. The molecule has 7 nitrogen and oxygen atoms in total. The summed E-state index contributed by atoms with van der Waals surface area (Å²) >= 11 is 1.18. The van der Waals surface area contributed by atoms with Crippen LogP contribution in [-0.4, -0.2) is 40.3 Å². The molecule has 2 unspecified atom stereocenters. The normalized spacial score (nSPS) is 13.2. The molecule has 0 saturated carbocycles. The zero-order valence-corrected chi connectivity index (χ0v) is 16.8. The largest absolute Gasteiger partial charge is 0.467 e. The van der Waals surface area contributed by atoms with Gasteiger partial charge >= 0.3 is 5.97 Å². The van der Waals surface area contributed by atoms with Crippen LogP contribution in [0.25, 0.3) is 10.9 Å². The van der Waals surface area contributed by atoms with Crippen molar-refractivity contribution in [3.63, 3.8) is 0 Å². The zero-order valence-electron chi connectivity index (χ0n) is 16.0. The van der Waals surface area contributed by atoms with Gasteiger partial charge in [-0.1, -0.05) is 44.2 Å². The smallest absolute Gasteiger partial charge is 0.328 e. The van der Waals surface area contributed by atoms with E-state index in [9.17, 15) is 14.4 Å². The second kappa shape index (κ2) is 9.55. The van der Waals surface area contributed by atoms with Crippen LogP contribution in [0.1, 0.15) is 27.2 Å². The van der Waals surface area contributed by atoms with Crippen molar-refractivity contribution in [2.24, 2.45) is 5.92 Å². The van der Waals surface area contributed by atoms with Gasteiger partial charge in [-0.3, -0.25) is 14.2 Å². The molecule has 8 heteroatoms. The molecule has 2 rings (SSSR count). The Balaban J connectivity index is 2.17. The lowest BCUT2D eigenvalue weighted by molar-refractivity contribution is -0.146. The van der Waals surface area contributed by atoms with Crippen LogP contribution in [0.5, 0.6) is 0 Å². The van der Waals surface area contributed by atoms with Crippen LogP contribution >= 0.6 is 11.8 Å². The molecular weight excluding hydrogens is 366 g/mol. The summed E-state index contributed by atoms with van der Waals surface area (Å²) in [6.45, 7) is 6.14. The Morgan fingerprint density at radius 2 is 2.00 bits per heavy atom. The van der Waals surface area contributed by atoms with Gasteiger partial charge in [0.15, 0.2) is 5.16 Å². The second-order valence-electron chi connectivity index (χ2n) is 6.20. The van der Waals surface area contributed by atoms with Crippen molar-refractivity contribution in [2.75, 3.05) is 12.9 Å². The van der Waals surface area contributed by atoms with Crippen molar-refractivity contribution in [3.8, 4) is 0 Å². The molecule has 0 aliphatic rings. The molecule has 2 aromatic rings. The van der Waals surface area contributed by atoms with Crippen LogP contribution in [0, 0.1) is 5.92 Å². The molecule has 1 N–H and O–H groups in total. The van der Waals surface area contributed by atoms with Gasteiger partial charge in [-0.2, -0.15) is 0 Å². The molecule has 0 fully saturated rings. The summed E-state index contributed by atoms with van der Waals surface area (Å²) in [4.78, 5) is 41.4. The Bertz CT molecular complexity index is 881. The Morgan fingerprint density at radius 1 is 1.30 bits per heavy atom. The van der Waals surface area contributed by atoms with E-state index in [-0.39, 0.29) is 23.1 Å². The number of nitrogens with one attached hydrogen (secondary N) is 1. The number of carbonyl (C=O) groups excluding carboxylic acids is 2. The lowest BCUT2D eigenvalue weighted by Crippen LogP contribution is -2.46. The van der Waals surface area contributed by atoms with Crippen LogP contribution < -0.4 is 10.9 Å². The van der Waals surface area contributed by atoms with Gasteiger partial charge in [0.25, 0.3) is 5.56 Å². The molecule has 0 bridgehead atoms. The van der Waals surface area contributed by atoms with Crippen molar-refractivity contribution in [1.29, 1.82) is 0 Å². The van der Waals surface area contributed by atoms with E-state index in [4.69, 9.17) is 4.74 Å². The molecule has 0 spiro atoms. The maximum atomic E-state index is 12.6. The number of fused-ring (bicyclic) bond motifs is 1. The maximum absolute atomic E-state index is 12.6. The first kappa shape index (κ1) is 21.0. The van der Waals surface area contributed by atoms with Crippen LogP contribution in [-0.2, 0) is 20.9 Å². The summed E-state index contributed by atoms with van der Waals surface area (Å²) < 4.78 is 6.33. The monoisotopic (exact) mass is 391 g/mol. The Kier molecular flexibility index (Phi) is 7.41. The number of ether oxygens (including phenoxy) is 1. The van der Waals surface area contributed by atoms with Gasteiger partial charge in [-0.25, -0.2) is 9.78 Å². The fourth-order valence-electron chi connectivity index (χ4n) is 2.68. The number of carbonyl (C=O) groups is 2. The van der Waals surface area contributed by atoms with E-state index < -0.39 is 12.0 Å². The number of benzene rings is 1. The van der Waals surface area contributed by atoms with E-state index in [0.717, 1.165) is 6.42 Å².